The molecule has 2 heterocycles. The zero-order valence-electron chi connectivity index (χ0n) is 16.0. The third-order valence-electron chi connectivity index (χ3n) is 5.44. The topological polar surface area (TPSA) is 60.9 Å². The number of carbonyl (C=O) groups is 1. The Morgan fingerprint density at radius 3 is 2.37 bits per heavy atom. The van der Waals surface area contributed by atoms with Crippen molar-refractivity contribution < 1.29 is 19.0 Å². The van der Waals surface area contributed by atoms with Gasteiger partial charge in [0.25, 0.3) is 5.91 Å². The zero-order valence-corrected chi connectivity index (χ0v) is 16.0. The fraction of sp³-hybridized carbons (Fsp3) is 0.429. The first kappa shape index (κ1) is 17.6. The molecule has 2 aromatic rings. The number of pyridine rings is 1. The minimum atomic E-state index is -0.0329. The van der Waals surface area contributed by atoms with E-state index >= 15 is 0 Å². The number of carbonyl (C=O) groups excluding carboxylic acids is 1. The Bertz CT molecular complexity index is 894. The molecule has 0 saturated carbocycles. The summed E-state index contributed by atoms with van der Waals surface area (Å²) in [6, 6.07) is 5.94. The van der Waals surface area contributed by atoms with Gasteiger partial charge in [0.2, 0.25) is 5.88 Å². The number of hydrogen-bond donors (Lipinski definition) is 0. The van der Waals surface area contributed by atoms with E-state index in [2.05, 4.69) is 4.98 Å². The van der Waals surface area contributed by atoms with Gasteiger partial charge in [0.15, 0.2) is 11.5 Å². The summed E-state index contributed by atoms with van der Waals surface area (Å²) in [5, 5.41) is 0. The van der Waals surface area contributed by atoms with Crippen LogP contribution in [0.15, 0.2) is 18.2 Å². The van der Waals surface area contributed by atoms with Crippen LogP contribution in [0, 0.1) is 0 Å². The van der Waals surface area contributed by atoms with Gasteiger partial charge in [0.05, 0.1) is 21.3 Å². The van der Waals surface area contributed by atoms with Gasteiger partial charge in [-0.05, 0) is 60.6 Å². The largest absolute Gasteiger partial charge is 0.493 e. The summed E-state index contributed by atoms with van der Waals surface area (Å²) in [5.74, 6) is 1.80. The lowest BCUT2D eigenvalue weighted by atomic mass is 9.98. The Morgan fingerprint density at radius 1 is 0.926 bits per heavy atom. The van der Waals surface area contributed by atoms with E-state index in [9.17, 15) is 4.79 Å². The summed E-state index contributed by atoms with van der Waals surface area (Å²) in [7, 11) is 4.83. The summed E-state index contributed by atoms with van der Waals surface area (Å²) in [6.45, 7) is 1.19. The van der Waals surface area contributed by atoms with E-state index in [1.54, 1.807) is 21.3 Å². The molecule has 0 radical (unpaired) electrons. The average molecular weight is 368 g/mol. The molecule has 2 aliphatic rings. The van der Waals surface area contributed by atoms with Crippen LogP contribution in [0.4, 0.5) is 0 Å². The smallest absolute Gasteiger partial charge is 0.259 e. The van der Waals surface area contributed by atoms with Gasteiger partial charge in [-0.2, -0.15) is 0 Å². The first-order valence-electron chi connectivity index (χ1n) is 9.24. The van der Waals surface area contributed by atoms with Crippen molar-refractivity contribution in [2.24, 2.45) is 0 Å². The molecule has 1 aromatic heterocycles. The van der Waals surface area contributed by atoms with Gasteiger partial charge in [0.1, 0.15) is 5.56 Å². The van der Waals surface area contributed by atoms with E-state index in [1.165, 1.54) is 11.1 Å². The average Bonchev–Trinajstić information content (AvgIpc) is 3.18. The van der Waals surface area contributed by atoms with Crippen LogP contribution in [0.5, 0.6) is 17.4 Å². The fourth-order valence-corrected chi connectivity index (χ4v) is 3.99. The lowest BCUT2D eigenvalue weighted by Crippen LogP contribution is -2.36. The van der Waals surface area contributed by atoms with Gasteiger partial charge in [-0.15, -0.1) is 0 Å². The number of amides is 1. The third-order valence-corrected chi connectivity index (χ3v) is 5.44. The number of methoxy groups -OCH3 is 3. The monoisotopic (exact) mass is 368 g/mol. The summed E-state index contributed by atoms with van der Waals surface area (Å²) < 4.78 is 16.2. The number of fused-ring (bicyclic) bond motifs is 2. The number of hydrogen-bond acceptors (Lipinski definition) is 5. The van der Waals surface area contributed by atoms with Crippen molar-refractivity contribution in [1.82, 2.24) is 9.88 Å². The zero-order chi connectivity index (χ0) is 19.0. The maximum atomic E-state index is 13.2. The first-order valence-corrected chi connectivity index (χ1v) is 9.24. The minimum absolute atomic E-state index is 0.0329. The summed E-state index contributed by atoms with van der Waals surface area (Å²) >= 11 is 0. The second-order valence-electron chi connectivity index (χ2n) is 6.96. The van der Waals surface area contributed by atoms with Gasteiger partial charge in [-0.3, -0.25) is 4.79 Å². The van der Waals surface area contributed by atoms with Crippen LogP contribution in [0.25, 0.3) is 0 Å². The molecule has 0 atom stereocenters. The SMILES string of the molecule is COc1cc2c(cc1OC)CN(C(=O)c1cc3c(nc1OC)CCC3)CC2. The maximum Gasteiger partial charge on any atom is 0.259 e. The Labute approximate surface area is 159 Å². The van der Waals surface area contributed by atoms with E-state index in [4.69, 9.17) is 14.2 Å². The predicted molar refractivity (Wildman–Crippen MR) is 101 cm³/mol. The highest BCUT2D eigenvalue weighted by Crippen LogP contribution is 2.34. The maximum absolute atomic E-state index is 13.2. The van der Waals surface area contributed by atoms with E-state index in [1.807, 2.05) is 23.1 Å². The highest BCUT2D eigenvalue weighted by molar-refractivity contribution is 5.96. The number of nitrogens with zero attached hydrogens (tertiary/aromatic N) is 2. The summed E-state index contributed by atoms with van der Waals surface area (Å²) in [5.41, 5.74) is 5.06. The Morgan fingerprint density at radius 2 is 1.67 bits per heavy atom. The Balaban J connectivity index is 1.63. The molecule has 0 N–H and O–H groups in total. The van der Waals surface area contributed by atoms with Crippen molar-refractivity contribution in [3.8, 4) is 17.4 Å². The molecule has 0 spiro atoms. The molecule has 1 amide bonds. The van der Waals surface area contributed by atoms with Crippen molar-refractivity contribution in [3.63, 3.8) is 0 Å². The lowest BCUT2D eigenvalue weighted by Gasteiger charge is -2.30. The number of benzene rings is 1. The summed E-state index contributed by atoms with van der Waals surface area (Å²) in [6.07, 6.45) is 3.80. The Hall–Kier alpha value is -2.76. The van der Waals surface area contributed by atoms with Crippen LogP contribution in [0.3, 0.4) is 0 Å². The van der Waals surface area contributed by atoms with E-state index in [0.717, 1.165) is 42.7 Å². The van der Waals surface area contributed by atoms with Crippen molar-refractivity contribution in [2.75, 3.05) is 27.9 Å². The van der Waals surface area contributed by atoms with Crippen LogP contribution >= 0.6 is 0 Å². The molecule has 1 aliphatic carbocycles. The van der Waals surface area contributed by atoms with Crippen molar-refractivity contribution in [2.45, 2.75) is 32.2 Å². The normalized spacial score (nSPS) is 15.1. The van der Waals surface area contributed by atoms with E-state index in [0.29, 0.717) is 30.3 Å². The molecule has 4 rings (SSSR count). The number of ether oxygens (including phenoxy) is 3. The van der Waals surface area contributed by atoms with Crippen LogP contribution in [0.2, 0.25) is 0 Å². The molecular weight excluding hydrogens is 344 g/mol. The van der Waals surface area contributed by atoms with Crippen molar-refractivity contribution in [1.29, 1.82) is 0 Å². The van der Waals surface area contributed by atoms with Gasteiger partial charge in [0, 0.05) is 18.8 Å². The first-order chi connectivity index (χ1) is 13.1. The second-order valence-corrected chi connectivity index (χ2v) is 6.96. The van der Waals surface area contributed by atoms with Crippen LogP contribution < -0.4 is 14.2 Å². The van der Waals surface area contributed by atoms with Crippen LogP contribution in [-0.4, -0.2) is 43.7 Å². The number of aryl methyl sites for hydroxylation is 2. The third kappa shape index (κ3) is 3.09. The van der Waals surface area contributed by atoms with Gasteiger partial charge >= 0.3 is 0 Å². The molecule has 0 unspecified atom stereocenters. The predicted octanol–water partition coefficient (Wildman–Crippen LogP) is 2.79. The molecule has 0 fully saturated rings. The van der Waals surface area contributed by atoms with Crippen LogP contribution in [-0.2, 0) is 25.8 Å². The van der Waals surface area contributed by atoms with Crippen LogP contribution in [0.1, 0.15) is 39.2 Å². The summed E-state index contributed by atoms with van der Waals surface area (Å²) in [4.78, 5) is 19.6. The lowest BCUT2D eigenvalue weighted by molar-refractivity contribution is 0.0730. The second kappa shape index (κ2) is 7.10. The molecule has 0 bridgehead atoms. The molecule has 27 heavy (non-hydrogen) atoms. The number of aromatic nitrogens is 1. The van der Waals surface area contributed by atoms with E-state index in [-0.39, 0.29) is 5.91 Å². The highest BCUT2D eigenvalue weighted by Gasteiger charge is 2.28. The molecule has 6 nitrogen and oxygen atoms in total. The van der Waals surface area contributed by atoms with Gasteiger partial charge in [-0.1, -0.05) is 0 Å². The molecule has 6 heteroatoms. The molecule has 1 aromatic carbocycles. The minimum Gasteiger partial charge on any atom is -0.493 e. The standard InChI is InChI=1S/C21H24N2O4/c1-25-18-10-13-7-8-23(12-15(13)11-19(18)26-2)21(24)16-9-14-5-4-6-17(14)22-20(16)27-3/h9-11H,4-8,12H2,1-3H3. The molecular formula is C21H24N2O4. The van der Waals surface area contributed by atoms with Crippen molar-refractivity contribution in [3.05, 3.63) is 46.1 Å². The Kier molecular flexibility index (Phi) is 4.64. The highest BCUT2D eigenvalue weighted by atomic mass is 16.5. The molecule has 1 aliphatic heterocycles. The van der Waals surface area contributed by atoms with E-state index < -0.39 is 0 Å². The quantitative estimate of drug-likeness (QED) is 0.831. The fourth-order valence-electron chi connectivity index (χ4n) is 3.99. The molecule has 142 valence electrons. The number of rotatable bonds is 4. The van der Waals surface area contributed by atoms with Crippen molar-refractivity contribution >= 4 is 5.91 Å². The van der Waals surface area contributed by atoms with Gasteiger partial charge < -0.3 is 19.1 Å². The molecule has 0 saturated heterocycles. The van der Waals surface area contributed by atoms with Gasteiger partial charge in [-0.25, -0.2) is 4.98 Å².